The Morgan fingerprint density at radius 1 is 1.64 bits per heavy atom. The van der Waals surface area contributed by atoms with Gasteiger partial charge in [0.25, 0.3) is 0 Å². The van der Waals surface area contributed by atoms with Gasteiger partial charge in [-0.1, -0.05) is 6.08 Å². The van der Waals surface area contributed by atoms with Gasteiger partial charge in [-0.15, -0.1) is 11.8 Å². The summed E-state index contributed by atoms with van der Waals surface area (Å²) in [5.41, 5.74) is 6.60. The van der Waals surface area contributed by atoms with E-state index in [4.69, 9.17) is 5.73 Å². The highest BCUT2D eigenvalue weighted by atomic mass is 79.9. The summed E-state index contributed by atoms with van der Waals surface area (Å²) in [5.74, 6) is 0. The second-order valence-electron chi connectivity index (χ2n) is 2.49. The maximum atomic E-state index is 5.72. The van der Waals surface area contributed by atoms with E-state index < -0.39 is 0 Å². The molecule has 2 unspecified atom stereocenters. The van der Waals surface area contributed by atoms with E-state index in [0.29, 0.717) is 5.25 Å². The summed E-state index contributed by atoms with van der Waals surface area (Å²) in [4.78, 5) is 4.30. The fourth-order valence-corrected chi connectivity index (χ4v) is 2.78. The lowest BCUT2D eigenvalue weighted by Crippen LogP contribution is -2.24. The number of fused-ring (bicyclic) bond motifs is 1. The molecule has 2 atom stereocenters. The van der Waals surface area contributed by atoms with Gasteiger partial charge in [-0.05, 0) is 21.3 Å². The molecule has 58 valence electrons. The van der Waals surface area contributed by atoms with Gasteiger partial charge in [0, 0.05) is 16.4 Å². The fraction of sp³-hybridized carbons (Fsp3) is 0.286. The number of dihydropyridines is 1. The molecule has 2 rings (SSSR count). The lowest BCUT2D eigenvalue weighted by molar-refractivity contribution is 0.802. The molecule has 0 aromatic heterocycles. The van der Waals surface area contributed by atoms with E-state index in [-0.39, 0.29) is 6.04 Å². The first kappa shape index (κ1) is 7.43. The zero-order chi connectivity index (χ0) is 7.84. The van der Waals surface area contributed by atoms with Gasteiger partial charge < -0.3 is 5.73 Å². The van der Waals surface area contributed by atoms with Crippen LogP contribution in [0.5, 0.6) is 0 Å². The summed E-state index contributed by atoms with van der Waals surface area (Å²) < 4.78 is 1.05. The van der Waals surface area contributed by atoms with Crippen LogP contribution < -0.4 is 5.73 Å². The molecule has 0 saturated carbocycles. The van der Waals surface area contributed by atoms with Crippen LogP contribution in [0, 0.1) is 0 Å². The van der Waals surface area contributed by atoms with Crippen LogP contribution in [-0.4, -0.2) is 17.5 Å². The summed E-state index contributed by atoms with van der Waals surface area (Å²) >= 11 is 5.11. The number of hydrogen-bond donors (Lipinski definition) is 1. The Morgan fingerprint density at radius 2 is 2.45 bits per heavy atom. The molecule has 0 spiro atoms. The summed E-state index contributed by atoms with van der Waals surface area (Å²) in [6.45, 7) is 0. The molecule has 2 N–H and O–H groups in total. The summed E-state index contributed by atoms with van der Waals surface area (Å²) in [6.07, 6.45) is 3.95. The first-order valence-electron chi connectivity index (χ1n) is 3.29. The normalized spacial score (nSPS) is 34.6. The topological polar surface area (TPSA) is 38.4 Å². The predicted octanol–water partition coefficient (Wildman–Crippen LogP) is 1.63. The molecule has 0 radical (unpaired) electrons. The van der Waals surface area contributed by atoms with E-state index >= 15 is 0 Å². The van der Waals surface area contributed by atoms with E-state index in [9.17, 15) is 0 Å². The molecule has 2 aliphatic heterocycles. The van der Waals surface area contributed by atoms with Gasteiger partial charge in [0.1, 0.15) is 6.04 Å². The van der Waals surface area contributed by atoms with Crippen molar-refractivity contribution < 1.29 is 0 Å². The molecule has 2 heterocycles. The van der Waals surface area contributed by atoms with Crippen molar-refractivity contribution in [2.45, 2.75) is 11.3 Å². The first-order valence-corrected chi connectivity index (χ1v) is 5.02. The van der Waals surface area contributed by atoms with Crippen LogP contribution in [0.1, 0.15) is 0 Å². The fourth-order valence-electron chi connectivity index (χ4n) is 1.14. The quantitative estimate of drug-likeness (QED) is 0.688. The van der Waals surface area contributed by atoms with Crippen LogP contribution in [0.25, 0.3) is 0 Å². The lowest BCUT2D eigenvalue weighted by Gasteiger charge is -2.16. The van der Waals surface area contributed by atoms with Crippen LogP contribution >= 0.6 is 27.7 Å². The minimum Gasteiger partial charge on any atom is -0.400 e. The molecular weight excluding hydrogens is 224 g/mol. The number of allylic oxidation sites excluding steroid dienone is 1. The molecular formula is C7H7BrN2S. The standard InChI is InChI=1S/C7H7BrN2S/c8-4-1-6-7(10-2-4)5(9)3-11-6/h1-3,6-7H,9H2. The van der Waals surface area contributed by atoms with Gasteiger partial charge >= 0.3 is 0 Å². The Kier molecular flexibility index (Phi) is 1.81. The van der Waals surface area contributed by atoms with Gasteiger partial charge in [-0.3, -0.25) is 4.99 Å². The zero-order valence-electron chi connectivity index (χ0n) is 5.70. The number of nitrogens with zero attached hydrogens (tertiary/aromatic N) is 1. The van der Waals surface area contributed by atoms with Crippen LogP contribution in [-0.2, 0) is 0 Å². The van der Waals surface area contributed by atoms with E-state index in [0.717, 1.165) is 10.2 Å². The molecule has 0 saturated heterocycles. The second-order valence-corrected chi connectivity index (χ2v) is 4.46. The van der Waals surface area contributed by atoms with Crippen LogP contribution in [0.15, 0.2) is 26.7 Å². The Labute approximate surface area is 77.8 Å². The third kappa shape index (κ3) is 1.25. The van der Waals surface area contributed by atoms with E-state index in [2.05, 4.69) is 27.0 Å². The highest BCUT2D eigenvalue weighted by Gasteiger charge is 2.28. The Balaban J connectivity index is 2.27. The molecule has 2 nitrogen and oxygen atoms in total. The van der Waals surface area contributed by atoms with Gasteiger partial charge in [0.2, 0.25) is 0 Å². The maximum Gasteiger partial charge on any atom is 0.105 e. The molecule has 0 fully saturated rings. The van der Waals surface area contributed by atoms with Crippen molar-refractivity contribution in [3.8, 4) is 0 Å². The summed E-state index contributed by atoms with van der Waals surface area (Å²) in [6, 6.07) is 0.182. The average molecular weight is 231 g/mol. The van der Waals surface area contributed by atoms with Crippen LogP contribution in [0.4, 0.5) is 0 Å². The first-order chi connectivity index (χ1) is 5.27. The largest absolute Gasteiger partial charge is 0.400 e. The van der Waals surface area contributed by atoms with Gasteiger partial charge in [0.15, 0.2) is 0 Å². The second kappa shape index (κ2) is 2.68. The molecule has 11 heavy (non-hydrogen) atoms. The molecule has 0 amide bonds. The SMILES string of the molecule is NC1=CSC2C=C(Br)C=NC12. The van der Waals surface area contributed by atoms with E-state index in [1.807, 2.05) is 11.6 Å². The molecule has 0 bridgehead atoms. The minimum atomic E-state index is 0.182. The highest BCUT2D eigenvalue weighted by molar-refractivity contribution is 9.12. The number of halogens is 1. The van der Waals surface area contributed by atoms with Crippen molar-refractivity contribution in [2.24, 2.45) is 10.7 Å². The van der Waals surface area contributed by atoms with Crippen molar-refractivity contribution in [2.75, 3.05) is 0 Å². The Morgan fingerprint density at radius 3 is 3.27 bits per heavy atom. The van der Waals surface area contributed by atoms with Crippen LogP contribution in [0.3, 0.4) is 0 Å². The minimum absolute atomic E-state index is 0.182. The highest BCUT2D eigenvalue weighted by Crippen LogP contribution is 2.34. The Hall–Kier alpha value is -0.220. The van der Waals surface area contributed by atoms with Gasteiger partial charge in [0.05, 0.1) is 5.25 Å². The van der Waals surface area contributed by atoms with Crippen molar-refractivity contribution in [3.05, 3.63) is 21.7 Å². The van der Waals surface area contributed by atoms with Gasteiger partial charge in [-0.25, -0.2) is 0 Å². The number of rotatable bonds is 0. The number of hydrogen-bond acceptors (Lipinski definition) is 3. The van der Waals surface area contributed by atoms with Crippen molar-refractivity contribution in [3.63, 3.8) is 0 Å². The van der Waals surface area contributed by atoms with E-state index in [1.165, 1.54) is 0 Å². The van der Waals surface area contributed by atoms with Crippen molar-refractivity contribution in [1.29, 1.82) is 0 Å². The molecule has 4 heteroatoms. The smallest absolute Gasteiger partial charge is 0.105 e. The molecule has 0 aromatic carbocycles. The van der Waals surface area contributed by atoms with E-state index in [1.54, 1.807) is 11.8 Å². The van der Waals surface area contributed by atoms with Crippen molar-refractivity contribution >= 4 is 33.9 Å². The predicted molar refractivity (Wildman–Crippen MR) is 52.9 cm³/mol. The summed E-state index contributed by atoms with van der Waals surface area (Å²) in [7, 11) is 0. The number of nitrogens with two attached hydrogens (primary N) is 1. The molecule has 2 aliphatic rings. The zero-order valence-corrected chi connectivity index (χ0v) is 8.10. The maximum absolute atomic E-state index is 5.72. The Bertz CT molecular complexity index is 270. The summed E-state index contributed by atoms with van der Waals surface area (Å²) in [5, 5.41) is 2.39. The van der Waals surface area contributed by atoms with Gasteiger partial charge in [-0.2, -0.15) is 0 Å². The number of aliphatic imine (C=N–C) groups is 1. The molecule has 0 aromatic rings. The lowest BCUT2D eigenvalue weighted by atomic mass is 10.1. The van der Waals surface area contributed by atoms with Crippen LogP contribution in [0.2, 0.25) is 0 Å². The average Bonchev–Trinajstić information content (AvgIpc) is 2.32. The monoisotopic (exact) mass is 230 g/mol. The van der Waals surface area contributed by atoms with Crippen molar-refractivity contribution in [1.82, 2.24) is 0 Å². The third-order valence-corrected chi connectivity index (χ3v) is 3.28. The molecule has 0 aliphatic carbocycles. The third-order valence-electron chi connectivity index (χ3n) is 1.70. The number of thioether (sulfide) groups is 1.